The van der Waals surface area contributed by atoms with Crippen molar-refractivity contribution in [2.75, 3.05) is 7.05 Å². The lowest BCUT2D eigenvalue weighted by atomic mass is 9.96. The molecule has 0 aliphatic carbocycles. The minimum atomic E-state index is -0.801. The first-order valence-electron chi connectivity index (χ1n) is 6.16. The van der Waals surface area contributed by atoms with Crippen LogP contribution in [0.2, 0.25) is 5.02 Å². The summed E-state index contributed by atoms with van der Waals surface area (Å²) in [6, 6.07) is 7.52. The van der Waals surface area contributed by atoms with E-state index in [1.165, 1.54) is 0 Å². The van der Waals surface area contributed by atoms with Gasteiger partial charge >= 0.3 is 0 Å². The lowest BCUT2D eigenvalue weighted by Gasteiger charge is -2.29. The molecule has 108 valence electrons. The zero-order valence-corrected chi connectivity index (χ0v) is 13.2. The molecule has 1 amide bonds. The van der Waals surface area contributed by atoms with Gasteiger partial charge in [-0.05, 0) is 25.0 Å². The Morgan fingerprint density at radius 2 is 2.00 bits per heavy atom. The normalized spacial score (nSPS) is 13.3. The second-order valence-electron chi connectivity index (χ2n) is 4.92. The van der Waals surface area contributed by atoms with Crippen LogP contribution < -0.4 is 5.73 Å². The molecule has 1 aromatic rings. The summed E-state index contributed by atoms with van der Waals surface area (Å²) < 4.78 is 0. The van der Waals surface area contributed by atoms with Crippen molar-refractivity contribution < 1.29 is 4.79 Å². The summed E-state index contributed by atoms with van der Waals surface area (Å²) in [6.07, 6.45) is 1.57. The zero-order valence-electron chi connectivity index (χ0n) is 11.6. The van der Waals surface area contributed by atoms with Gasteiger partial charge in [-0.2, -0.15) is 0 Å². The van der Waals surface area contributed by atoms with Crippen LogP contribution in [0.3, 0.4) is 0 Å². The standard InChI is InChI=1S/C14H21ClN2O.ClH/c1-4-9-14(2,16)13(18)17(3)10-11-7-5-6-8-12(11)15;/h5-8H,4,9-10,16H2,1-3H3;1H. The number of benzene rings is 1. The minimum Gasteiger partial charge on any atom is -0.340 e. The van der Waals surface area contributed by atoms with E-state index in [9.17, 15) is 4.79 Å². The quantitative estimate of drug-likeness (QED) is 0.908. The fourth-order valence-corrected chi connectivity index (χ4v) is 2.21. The molecule has 0 aromatic heterocycles. The predicted molar refractivity (Wildman–Crippen MR) is 82.7 cm³/mol. The molecule has 0 spiro atoms. The van der Waals surface area contributed by atoms with Crippen LogP contribution in [-0.2, 0) is 11.3 Å². The van der Waals surface area contributed by atoms with Crippen LogP contribution in [0.4, 0.5) is 0 Å². The van der Waals surface area contributed by atoms with Crippen molar-refractivity contribution in [2.24, 2.45) is 5.73 Å². The van der Waals surface area contributed by atoms with Crippen LogP contribution in [0.5, 0.6) is 0 Å². The summed E-state index contributed by atoms with van der Waals surface area (Å²) in [5, 5.41) is 0.673. The summed E-state index contributed by atoms with van der Waals surface area (Å²) in [5.41, 5.74) is 6.17. The molecule has 5 heteroatoms. The van der Waals surface area contributed by atoms with Crippen molar-refractivity contribution in [3.8, 4) is 0 Å². The minimum absolute atomic E-state index is 0. The topological polar surface area (TPSA) is 46.3 Å². The Hall–Kier alpha value is -0.770. The van der Waals surface area contributed by atoms with Crippen LogP contribution in [-0.4, -0.2) is 23.4 Å². The van der Waals surface area contributed by atoms with Gasteiger partial charge in [-0.3, -0.25) is 4.79 Å². The average Bonchev–Trinajstić information content (AvgIpc) is 2.31. The maximum atomic E-state index is 12.2. The first kappa shape index (κ1) is 18.2. The van der Waals surface area contributed by atoms with E-state index >= 15 is 0 Å². The first-order valence-corrected chi connectivity index (χ1v) is 6.54. The lowest BCUT2D eigenvalue weighted by Crippen LogP contribution is -2.51. The SMILES string of the molecule is CCCC(C)(N)C(=O)N(C)Cc1ccccc1Cl.Cl. The number of likely N-dealkylation sites (N-methyl/N-ethyl adjacent to an activating group) is 1. The highest BCUT2D eigenvalue weighted by molar-refractivity contribution is 6.31. The molecule has 2 N–H and O–H groups in total. The summed E-state index contributed by atoms with van der Waals surface area (Å²) in [4.78, 5) is 13.9. The molecule has 19 heavy (non-hydrogen) atoms. The molecule has 0 radical (unpaired) electrons. The van der Waals surface area contributed by atoms with Gasteiger partial charge in [0.1, 0.15) is 0 Å². The molecule has 3 nitrogen and oxygen atoms in total. The largest absolute Gasteiger partial charge is 0.340 e. The lowest BCUT2D eigenvalue weighted by molar-refractivity contribution is -0.135. The Morgan fingerprint density at radius 1 is 1.42 bits per heavy atom. The number of rotatable bonds is 5. The monoisotopic (exact) mass is 304 g/mol. The molecule has 0 bridgehead atoms. The highest BCUT2D eigenvalue weighted by atomic mass is 35.5. The fourth-order valence-electron chi connectivity index (χ4n) is 2.02. The maximum absolute atomic E-state index is 12.2. The molecule has 0 saturated carbocycles. The van der Waals surface area contributed by atoms with Gasteiger partial charge in [-0.25, -0.2) is 0 Å². The van der Waals surface area contributed by atoms with Gasteiger partial charge in [0, 0.05) is 18.6 Å². The van der Waals surface area contributed by atoms with Crippen LogP contribution in [0.15, 0.2) is 24.3 Å². The van der Waals surface area contributed by atoms with E-state index in [-0.39, 0.29) is 18.3 Å². The van der Waals surface area contributed by atoms with Gasteiger partial charge in [-0.15, -0.1) is 12.4 Å². The fraction of sp³-hybridized carbons (Fsp3) is 0.500. The summed E-state index contributed by atoms with van der Waals surface area (Å²) >= 11 is 6.08. The van der Waals surface area contributed by atoms with Crippen molar-refractivity contribution >= 4 is 29.9 Å². The molecule has 1 aromatic carbocycles. The van der Waals surface area contributed by atoms with E-state index in [4.69, 9.17) is 17.3 Å². The second-order valence-corrected chi connectivity index (χ2v) is 5.33. The molecular weight excluding hydrogens is 283 g/mol. The highest BCUT2D eigenvalue weighted by Gasteiger charge is 2.30. The molecule has 0 aliphatic heterocycles. The second kappa shape index (κ2) is 7.73. The number of nitrogens with zero attached hydrogens (tertiary/aromatic N) is 1. The number of carbonyl (C=O) groups excluding carboxylic acids is 1. The van der Waals surface area contributed by atoms with Gasteiger partial charge in [-0.1, -0.05) is 43.1 Å². The molecule has 1 rings (SSSR count). The smallest absolute Gasteiger partial charge is 0.242 e. The van der Waals surface area contributed by atoms with Crippen molar-refractivity contribution in [2.45, 2.75) is 38.8 Å². The number of hydrogen-bond acceptors (Lipinski definition) is 2. The number of halogens is 2. The average molecular weight is 305 g/mol. The van der Waals surface area contributed by atoms with E-state index in [1.807, 2.05) is 31.2 Å². The molecule has 0 fully saturated rings. The third-order valence-corrected chi connectivity index (χ3v) is 3.34. The van der Waals surface area contributed by atoms with Crippen LogP contribution in [0.1, 0.15) is 32.3 Å². The summed E-state index contributed by atoms with van der Waals surface area (Å²) in [6.45, 7) is 4.28. The zero-order chi connectivity index (χ0) is 13.8. The van der Waals surface area contributed by atoms with E-state index in [0.29, 0.717) is 18.0 Å². The van der Waals surface area contributed by atoms with Crippen molar-refractivity contribution in [3.05, 3.63) is 34.9 Å². The van der Waals surface area contributed by atoms with Crippen molar-refractivity contribution in [3.63, 3.8) is 0 Å². The van der Waals surface area contributed by atoms with Crippen LogP contribution in [0, 0.1) is 0 Å². The number of nitrogens with two attached hydrogens (primary N) is 1. The van der Waals surface area contributed by atoms with Gasteiger partial charge < -0.3 is 10.6 Å². The molecule has 0 aliphatic rings. The third kappa shape index (κ3) is 5.01. The van der Waals surface area contributed by atoms with Gasteiger partial charge in [0.15, 0.2) is 0 Å². The Morgan fingerprint density at radius 3 is 2.53 bits per heavy atom. The Labute approximate surface area is 126 Å². The van der Waals surface area contributed by atoms with E-state index in [2.05, 4.69) is 0 Å². The Balaban J connectivity index is 0.00000324. The Kier molecular flexibility index (Phi) is 7.42. The van der Waals surface area contributed by atoms with Crippen LogP contribution in [0.25, 0.3) is 0 Å². The van der Waals surface area contributed by atoms with E-state index < -0.39 is 5.54 Å². The van der Waals surface area contributed by atoms with Crippen molar-refractivity contribution in [1.29, 1.82) is 0 Å². The van der Waals surface area contributed by atoms with E-state index in [1.54, 1.807) is 18.9 Å². The number of amides is 1. The first-order chi connectivity index (χ1) is 8.38. The van der Waals surface area contributed by atoms with E-state index in [0.717, 1.165) is 12.0 Å². The van der Waals surface area contributed by atoms with Crippen LogP contribution >= 0.6 is 24.0 Å². The molecule has 1 unspecified atom stereocenters. The summed E-state index contributed by atoms with van der Waals surface area (Å²) in [7, 11) is 1.76. The molecule has 0 saturated heterocycles. The third-order valence-electron chi connectivity index (χ3n) is 2.97. The number of hydrogen-bond donors (Lipinski definition) is 1. The summed E-state index contributed by atoms with van der Waals surface area (Å²) in [5.74, 6) is -0.0516. The van der Waals surface area contributed by atoms with Gasteiger partial charge in [0.25, 0.3) is 0 Å². The maximum Gasteiger partial charge on any atom is 0.242 e. The van der Waals surface area contributed by atoms with Gasteiger partial charge in [0.05, 0.1) is 5.54 Å². The molecule has 1 atom stereocenters. The Bertz CT molecular complexity index is 422. The number of carbonyl (C=O) groups is 1. The van der Waals surface area contributed by atoms with Gasteiger partial charge in [0.2, 0.25) is 5.91 Å². The van der Waals surface area contributed by atoms with Crippen molar-refractivity contribution in [1.82, 2.24) is 4.90 Å². The highest BCUT2D eigenvalue weighted by Crippen LogP contribution is 2.19. The molecule has 0 heterocycles. The predicted octanol–water partition coefficient (Wildman–Crippen LogP) is 3.24. The molecular formula is C14H22Cl2N2O.